The molecule has 5 nitrogen and oxygen atoms in total. The van der Waals surface area contributed by atoms with Gasteiger partial charge in [0.25, 0.3) is 0 Å². The van der Waals surface area contributed by atoms with Gasteiger partial charge in [-0.3, -0.25) is 4.79 Å². The molecule has 6 heteroatoms. The Labute approximate surface area is 104 Å². The van der Waals surface area contributed by atoms with Crippen molar-refractivity contribution in [3.05, 3.63) is 22.4 Å². The fraction of sp³-hybridized carbons (Fsp3) is 0.455. The number of urea groups is 1. The van der Waals surface area contributed by atoms with Gasteiger partial charge in [0.15, 0.2) is 0 Å². The summed E-state index contributed by atoms with van der Waals surface area (Å²) in [5.74, 6) is -0.330. The zero-order valence-corrected chi connectivity index (χ0v) is 10.5. The van der Waals surface area contributed by atoms with Crippen LogP contribution in [0.25, 0.3) is 0 Å². The highest BCUT2D eigenvalue weighted by atomic mass is 32.1. The second-order valence-electron chi connectivity index (χ2n) is 3.34. The van der Waals surface area contributed by atoms with Crippen LogP contribution in [0.4, 0.5) is 4.79 Å². The number of esters is 1. The van der Waals surface area contributed by atoms with Crippen LogP contribution in [0.5, 0.6) is 0 Å². The van der Waals surface area contributed by atoms with E-state index < -0.39 is 0 Å². The Kier molecular flexibility index (Phi) is 6.09. The molecule has 0 spiro atoms. The van der Waals surface area contributed by atoms with Crippen LogP contribution in [-0.2, 0) is 16.0 Å². The Morgan fingerprint density at radius 1 is 1.35 bits per heavy atom. The van der Waals surface area contributed by atoms with Crippen molar-refractivity contribution in [2.24, 2.45) is 0 Å². The molecule has 94 valence electrons. The van der Waals surface area contributed by atoms with Crippen molar-refractivity contribution in [2.45, 2.75) is 12.8 Å². The minimum absolute atomic E-state index is 0.189. The quantitative estimate of drug-likeness (QED) is 0.750. The Balaban J connectivity index is 2.03. The maximum Gasteiger partial charge on any atom is 0.314 e. The maximum absolute atomic E-state index is 11.3. The highest BCUT2D eigenvalue weighted by molar-refractivity contribution is 7.09. The van der Waals surface area contributed by atoms with Crippen molar-refractivity contribution in [2.75, 3.05) is 20.2 Å². The normalized spacial score (nSPS) is 9.71. The van der Waals surface area contributed by atoms with E-state index in [0.29, 0.717) is 6.54 Å². The topological polar surface area (TPSA) is 67.4 Å². The third-order valence-electron chi connectivity index (χ3n) is 2.08. The zero-order chi connectivity index (χ0) is 12.5. The van der Waals surface area contributed by atoms with E-state index in [4.69, 9.17) is 0 Å². The Morgan fingerprint density at radius 2 is 2.12 bits per heavy atom. The molecule has 1 heterocycles. The van der Waals surface area contributed by atoms with Gasteiger partial charge >= 0.3 is 12.0 Å². The minimum atomic E-state index is -0.330. The maximum atomic E-state index is 11.3. The van der Waals surface area contributed by atoms with Crippen molar-refractivity contribution < 1.29 is 14.3 Å². The second kappa shape index (κ2) is 7.67. The number of rotatable bonds is 6. The van der Waals surface area contributed by atoms with Gasteiger partial charge in [0, 0.05) is 18.0 Å². The molecule has 0 atom stereocenters. The summed E-state index contributed by atoms with van der Waals surface area (Å²) < 4.78 is 4.45. The van der Waals surface area contributed by atoms with Crippen LogP contribution < -0.4 is 10.6 Å². The van der Waals surface area contributed by atoms with Gasteiger partial charge in [0.1, 0.15) is 0 Å². The fourth-order valence-corrected chi connectivity index (χ4v) is 1.91. The SMILES string of the molecule is COC(=O)CCNC(=O)NCCc1cccs1. The Hall–Kier alpha value is -1.56. The van der Waals surface area contributed by atoms with Crippen molar-refractivity contribution >= 4 is 23.3 Å². The van der Waals surface area contributed by atoms with E-state index >= 15 is 0 Å². The van der Waals surface area contributed by atoms with Gasteiger partial charge in [-0.25, -0.2) is 4.79 Å². The summed E-state index contributed by atoms with van der Waals surface area (Å²) in [6.45, 7) is 0.877. The number of thiophene rings is 1. The van der Waals surface area contributed by atoms with Crippen LogP contribution in [0.15, 0.2) is 17.5 Å². The summed E-state index contributed by atoms with van der Waals surface area (Å²) in [5.41, 5.74) is 0. The fourth-order valence-electron chi connectivity index (χ4n) is 1.20. The molecule has 1 rings (SSSR count). The lowest BCUT2D eigenvalue weighted by Gasteiger charge is -2.06. The number of ether oxygens (including phenoxy) is 1. The molecule has 0 bridgehead atoms. The first kappa shape index (κ1) is 13.5. The molecular weight excluding hydrogens is 240 g/mol. The van der Waals surface area contributed by atoms with E-state index in [-0.39, 0.29) is 25.0 Å². The number of hydrogen-bond acceptors (Lipinski definition) is 4. The lowest BCUT2D eigenvalue weighted by molar-refractivity contribution is -0.140. The molecule has 1 aromatic heterocycles. The summed E-state index contributed by atoms with van der Waals surface area (Å²) in [6, 6.07) is 3.75. The monoisotopic (exact) mass is 256 g/mol. The predicted octanol–water partition coefficient (Wildman–Crippen LogP) is 1.15. The molecule has 0 aliphatic rings. The number of carbonyl (C=O) groups excluding carboxylic acids is 2. The second-order valence-corrected chi connectivity index (χ2v) is 4.37. The van der Waals surface area contributed by atoms with Gasteiger partial charge in [-0.1, -0.05) is 6.07 Å². The Morgan fingerprint density at radius 3 is 2.76 bits per heavy atom. The molecule has 2 N–H and O–H groups in total. The summed E-state index contributed by atoms with van der Waals surface area (Å²) in [4.78, 5) is 23.3. The highest BCUT2D eigenvalue weighted by Crippen LogP contribution is 2.07. The van der Waals surface area contributed by atoms with E-state index in [0.717, 1.165) is 6.42 Å². The molecule has 0 fully saturated rings. The molecule has 2 amide bonds. The first-order valence-corrected chi connectivity index (χ1v) is 6.21. The summed E-state index contributed by atoms with van der Waals surface area (Å²) in [5, 5.41) is 7.30. The number of carbonyl (C=O) groups is 2. The molecule has 0 radical (unpaired) electrons. The van der Waals surface area contributed by atoms with Crippen molar-refractivity contribution in [3.8, 4) is 0 Å². The van der Waals surface area contributed by atoms with E-state index in [1.165, 1.54) is 12.0 Å². The number of hydrogen-bond donors (Lipinski definition) is 2. The average Bonchev–Trinajstić information content (AvgIpc) is 2.82. The van der Waals surface area contributed by atoms with Crippen LogP contribution in [0.3, 0.4) is 0 Å². The molecule has 1 aromatic rings. The summed E-state index contributed by atoms with van der Waals surface area (Å²) in [6.07, 6.45) is 1.01. The molecule has 0 aromatic carbocycles. The van der Waals surface area contributed by atoms with Crippen molar-refractivity contribution in [1.29, 1.82) is 0 Å². The van der Waals surface area contributed by atoms with E-state index in [9.17, 15) is 9.59 Å². The van der Waals surface area contributed by atoms with Gasteiger partial charge in [-0.05, 0) is 17.9 Å². The predicted molar refractivity (Wildman–Crippen MR) is 66.1 cm³/mol. The first-order valence-electron chi connectivity index (χ1n) is 5.33. The van der Waals surface area contributed by atoms with Gasteiger partial charge in [-0.15, -0.1) is 11.3 Å². The average molecular weight is 256 g/mol. The van der Waals surface area contributed by atoms with Crippen molar-refractivity contribution in [1.82, 2.24) is 10.6 Å². The Bertz CT molecular complexity index is 352. The van der Waals surface area contributed by atoms with E-state index in [1.807, 2.05) is 17.5 Å². The van der Waals surface area contributed by atoms with Gasteiger partial charge in [0.05, 0.1) is 13.5 Å². The van der Waals surface area contributed by atoms with Crippen LogP contribution in [0, 0.1) is 0 Å². The van der Waals surface area contributed by atoms with Crippen LogP contribution in [0.2, 0.25) is 0 Å². The number of nitrogens with one attached hydrogen (secondary N) is 2. The van der Waals surface area contributed by atoms with Crippen LogP contribution in [0.1, 0.15) is 11.3 Å². The third-order valence-corrected chi connectivity index (χ3v) is 3.02. The van der Waals surface area contributed by atoms with Crippen LogP contribution in [-0.4, -0.2) is 32.2 Å². The van der Waals surface area contributed by atoms with E-state index in [2.05, 4.69) is 15.4 Å². The first-order chi connectivity index (χ1) is 8.22. The molecule has 0 saturated carbocycles. The highest BCUT2D eigenvalue weighted by Gasteiger charge is 2.03. The molecular formula is C11H16N2O3S. The molecule has 0 unspecified atom stereocenters. The molecule has 0 saturated heterocycles. The largest absolute Gasteiger partial charge is 0.469 e. The van der Waals surface area contributed by atoms with Gasteiger partial charge in [-0.2, -0.15) is 0 Å². The standard InChI is InChI=1S/C11H16N2O3S/c1-16-10(14)5-7-13-11(15)12-6-4-9-3-2-8-17-9/h2-3,8H,4-7H2,1H3,(H2,12,13,15). The van der Waals surface area contributed by atoms with E-state index in [1.54, 1.807) is 11.3 Å². The van der Waals surface area contributed by atoms with Crippen LogP contribution >= 0.6 is 11.3 Å². The molecule has 0 aliphatic carbocycles. The number of methoxy groups -OCH3 is 1. The zero-order valence-electron chi connectivity index (χ0n) is 9.69. The molecule has 0 aliphatic heterocycles. The molecule has 17 heavy (non-hydrogen) atoms. The lowest BCUT2D eigenvalue weighted by atomic mass is 10.3. The lowest BCUT2D eigenvalue weighted by Crippen LogP contribution is -2.37. The minimum Gasteiger partial charge on any atom is -0.469 e. The van der Waals surface area contributed by atoms with Gasteiger partial charge in [0.2, 0.25) is 0 Å². The summed E-state index contributed by atoms with van der Waals surface area (Å²) >= 11 is 1.67. The number of amides is 2. The third kappa shape index (κ3) is 5.91. The van der Waals surface area contributed by atoms with Gasteiger partial charge < -0.3 is 15.4 Å². The van der Waals surface area contributed by atoms with Crippen molar-refractivity contribution in [3.63, 3.8) is 0 Å². The smallest absolute Gasteiger partial charge is 0.314 e. The summed E-state index contributed by atoms with van der Waals surface area (Å²) in [7, 11) is 1.32.